The van der Waals surface area contributed by atoms with E-state index in [1.807, 2.05) is 72.8 Å². The first kappa shape index (κ1) is 29.0. The fourth-order valence-corrected chi connectivity index (χ4v) is 9.28. The number of rotatable bonds is 2. The number of ether oxygens (including phenoxy) is 2. The second-order valence-corrected chi connectivity index (χ2v) is 14.1. The van der Waals surface area contributed by atoms with Crippen LogP contribution in [-0.2, 0) is 0 Å². The fraction of sp³-hybridized carbons (Fsp3) is 0. The number of fused-ring (bicyclic) bond motifs is 4. The van der Waals surface area contributed by atoms with Gasteiger partial charge in [0.2, 0.25) is 0 Å². The molecule has 0 amide bonds. The molecule has 10 aromatic carbocycles. The van der Waals surface area contributed by atoms with Crippen LogP contribution in [-0.4, -0.2) is 0 Å². The average molecular weight is 685 g/mol. The van der Waals surface area contributed by atoms with Crippen LogP contribution in [0.2, 0.25) is 0 Å². The van der Waals surface area contributed by atoms with E-state index in [4.69, 9.17) is 9.47 Å². The van der Waals surface area contributed by atoms with Gasteiger partial charge in [0.15, 0.2) is 0 Å². The Hall–Kier alpha value is -7.66. The molecule has 0 bridgehead atoms. The van der Waals surface area contributed by atoms with E-state index >= 15 is 0 Å². The van der Waals surface area contributed by atoms with Crippen LogP contribution in [0.5, 0.6) is 23.0 Å². The van der Waals surface area contributed by atoms with Gasteiger partial charge in [-0.3, -0.25) is 0 Å². The van der Waals surface area contributed by atoms with Crippen molar-refractivity contribution in [3.63, 3.8) is 0 Å². The molecule has 0 spiro atoms. The van der Waals surface area contributed by atoms with Crippen molar-refractivity contribution in [2.24, 2.45) is 0 Å². The molecule has 12 rings (SSSR count). The van der Waals surface area contributed by atoms with Gasteiger partial charge < -0.3 is 9.47 Å². The first-order valence-electron chi connectivity index (χ1n) is 18.0. The van der Waals surface area contributed by atoms with Gasteiger partial charge in [-0.1, -0.05) is 109 Å². The highest BCUT2D eigenvalue weighted by molar-refractivity contribution is 6.30. The number of hydrogen-bond acceptors (Lipinski definition) is 4. The number of para-hydroxylation sites is 2. The van der Waals surface area contributed by atoms with E-state index in [-0.39, 0.29) is 0 Å². The molecule has 0 N–H and O–H groups in total. The summed E-state index contributed by atoms with van der Waals surface area (Å²) in [5.41, 5.74) is 9.44. The summed E-state index contributed by atoms with van der Waals surface area (Å²) >= 11 is 0. The van der Waals surface area contributed by atoms with Crippen LogP contribution in [0.1, 0.15) is 11.1 Å². The SMILES string of the molecule is N#Cc1cc2ccc3c(-c4ccc5c6c(cccc46)Oc4ccccc4-5)cc(C#N)c4ccc(c1-c1ccc5c6c(cccc16)Oc1ccccc1-5)c2c43. The highest BCUT2D eigenvalue weighted by Crippen LogP contribution is 2.53. The van der Waals surface area contributed by atoms with Crippen LogP contribution in [0.4, 0.5) is 0 Å². The minimum atomic E-state index is 0.600. The molecule has 0 saturated heterocycles. The third kappa shape index (κ3) is 3.68. The topological polar surface area (TPSA) is 66.0 Å². The van der Waals surface area contributed by atoms with E-state index < -0.39 is 0 Å². The van der Waals surface area contributed by atoms with Crippen molar-refractivity contribution in [2.75, 3.05) is 0 Å². The summed E-state index contributed by atoms with van der Waals surface area (Å²) in [5, 5.41) is 31.5. The molecule has 0 aliphatic carbocycles. The van der Waals surface area contributed by atoms with Gasteiger partial charge in [-0.05, 0) is 102 Å². The van der Waals surface area contributed by atoms with Crippen LogP contribution in [0.25, 0.3) is 98.4 Å². The van der Waals surface area contributed by atoms with Crippen molar-refractivity contribution in [3.8, 4) is 79.6 Å². The Kier molecular flexibility index (Phi) is 5.61. The smallest absolute Gasteiger partial charge is 0.135 e. The Bertz CT molecular complexity index is 3420. The third-order valence-electron chi connectivity index (χ3n) is 11.5. The molecule has 246 valence electrons. The number of nitriles is 2. The molecule has 0 fully saturated rings. The highest BCUT2D eigenvalue weighted by Gasteiger charge is 2.26. The van der Waals surface area contributed by atoms with Crippen LogP contribution in [0.3, 0.4) is 0 Å². The molecule has 54 heavy (non-hydrogen) atoms. The number of benzene rings is 10. The van der Waals surface area contributed by atoms with E-state index in [0.29, 0.717) is 11.1 Å². The maximum Gasteiger partial charge on any atom is 0.135 e. The van der Waals surface area contributed by atoms with E-state index in [2.05, 4.69) is 84.9 Å². The molecular formula is C50H24N2O2. The zero-order valence-electron chi connectivity index (χ0n) is 28.6. The molecule has 10 aromatic rings. The first-order chi connectivity index (χ1) is 26.7. The van der Waals surface area contributed by atoms with Gasteiger partial charge in [0.05, 0.1) is 23.3 Å². The molecular weight excluding hydrogens is 661 g/mol. The monoisotopic (exact) mass is 684 g/mol. The van der Waals surface area contributed by atoms with Gasteiger partial charge >= 0.3 is 0 Å². The first-order valence-corrected chi connectivity index (χ1v) is 18.0. The van der Waals surface area contributed by atoms with E-state index in [1.165, 1.54) is 0 Å². The van der Waals surface area contributed by atoms with Gasteiger partial charge in [-0.25, -0.2) is 0 Å². The molecule has 2 aliphatic heterocycles. The lowest BCUT2D eigenvalue weighted by Gasteiger charge is -2.24. The zero-order chi connectivity index (χ0) is 35.7. The van der Waals surface area contributed by atoms with E-state index in [1.54, 1.807) is 0 Å². The maximum atomic E-state index is 10.7. The summed E-state index contributed by atoms with van der Waals surface area (Å²) in [6.07, 6.45) is 0. The molecule has 0 saturated carbocycles. The van der Waals surface area contributed by atoms with E-state index in [0.717, 1.165) is 121 Å². The lowest BCUT2D eigenvalue weighted by Crippen LogP contribution is -1.99. The van der Waals surface area contributed by atoms with Crippen LogP contribution in [0.15, 0.2) is 146 Å². The standard InChI is InChI=1S/C50H24N2O2/c51-25-28-24-41(31-18-19-36-32-7-1-3-11-42(32)53-44-13-5-9-34(31)48(36)44)39-16-15-27-23-29(26-52)46(40-22-17-30(28)50(39)47(27)40)38-21-20-37-33-8-2-4-12-43(33)54-45-14-6-10-35(38)49(37)45/h1-24H. The van der Waals surface area contributed by atoms with Crippen molar-refractivity contribution in [1.82, 2.24) is 0 Å². The summed E-state index contributed by atoms with van der Waals surface area (Å²) in [7, 11) is 0. The van der Waals surface area contributed by atoms with Crippen LogP contribution >= 0.6 is 0 Å². The Labute approximate surface area is 309 Å². The van der Waals surface area contributed by atoms with Crippen LogP contribution < -0.4 is 9.47 Å². The molecule has 0 unspecified atom stereocenters. The Morgan fingerprint density at radius 1 is 0.333 bits per heavy atom. The highest BCUT2D eigenvalue weighted by atomic mass is 16.5. The summed E-state index contributed by atoms with van der Waals surface area (Å²) in [6.45, 7) is 0. The van der Waals surface area contributed by atoms with Gasteiger partial charge in [0.1, 0.15) is 23.0 Å². The minimum absolute atomic E-state index is 0.600. The van der Waals surface area contributed by atoms with Gasteiger partial charge in [0.25, 0.3) is 0 Å². The van der Waals surface area contributed by atoms with Gasteiger partial charge in [0, 0.05) is 32.8 Å². The molecule has 2 heterocycles. The van der Waals surface area contributed by atoms with Crippen molar-refractivity contribution in [1.29, 1.82) is 10.5 Å². The Morgan fingerprint density at radius 2 is 0.870 bits per heavy atom. The number of hydrogen-bond donors (Lipinski definition) is 0. The van der Waals surface area contributed by atoms with Crippen molar-refractivity contribution >= 4 is 53.9 Å². The van der Waals surface area contributed by atoms with E-state index in [9.17, 15) is 10.5 Å². The lowest BCUT2D eigenvalue weighted by atomic mass is 9.81. The van der Waals surface area contributed by atoms with Crippen molar-refractivity contribution in [2.45, 2.75) is 0 Å². The van der Waals surface area contributed by atoms with Crippen molar-refractivity contribution < 1.29 is 9.47 Å². The molecule has 0 aromatic heterocycles. The third-order valence-corrected chi connectivity index (χ3v) is 11.5. The quantitative estimate of drug-likeness (QED) is 0.170. The summed E-state index contributed by atoms with van der Waals surface area (Å²) < 4.78 is 12.9. The lowest BCUT2D eigenvalue weighted by molar-refractivity contribution is 0.487. The largest absolute Gasteiger partial charge is 0.456 e. The Morgan fingerprint density at radius 3 is 1.54 bits per heavy atom. The molecule has 4 nitrogen and oxygen atoms in total. The second-order valence-electron chi connectivity index (χ2n) is 14.1. The van der Waals surface area contributed by atoms with Crippen molar-refractivity contribution in [3.05, 3.63) is 157 Å². The maximum absolute atomic E-state index is 10.7. The second kappa shape index (κ2) is 10.5. The molecule has 4 heteroatoms. The Balaban J connectivity index is 1.17. The molecule has 0 radical (unpaired) electrons. The summed E-state index contributed by atoms with van der Waals surface area (Å²) in [5.74, 6) is 3.31. The average Bonchev–Trinajstić information content (AvgIpc) is 3.22. The molecule has 0 atom stereocenters. The predicted molar refractivity (Wildman–Crippen MR) is 216 cm³/mol. The predicted octanol–water partition coefficient (Wildman–Crippen LogP) is 13.5. The number of nitrogens with zero attached hydrogens (tertiary/aromatic N) is 2. The molecule has 2 aliphatic rings. The van der Waals surface area contributed by atoms with Crippen LogP contribution in [0, 0.1) is 22.7 Å². The fourth-order valence-electron chi connectivity index (χ4n) is 9.28. The summed E-state index contributed by atoms with van der Waals surface area (Å²) in [6, 6.07) is 54.9. The zero-order valence-corrected chi connectivity index (χ0v) is 28.6. The minimum Gasteiger partial charge on any atom is -0.456 e. The summed E-state index contributed by atoms with van der Waals surface area (Å²) in [4.78, 5) is 0. The van der Waals surface area contributed by atoms with Gasteiger partial charge in [-0.2, -0.15) is 10.5 Å². The normalized spacial score (nSPS) is 12.3. The van der Waals surface area contributed by atoms with Gasteiger partial charge in [-0.15, -0.1) is 0 Å².